The minimum Gasteiger partial charge on any atom is -0.368 e. The zero-order valence-corrected chi connectivity index (χ0v) is 7.27. The Labute approximate surface area is 76.7 Å². The van der Waals surface area contributed by atoms with Crippen molar-refractivity contribution in [2.24, 2.45) is 0 Å². The van der Waals surface area contributed by atoms with E-state index < -0.39 is 0 Å². The Morgan fingerprint density at radius 1 is 1.54 bits per heavy atom. The predicted molar refractivity (Wildman–Crippen MR) is 53.9 cm³/mol. The van der Waals surface area contributed by atoms with E-state index in [4.69, 9.17) is 0 Å². The molecule has 2 aromatic heterocycles. The van der Waals surface area contributed by atoms with E-state index in [0.717, 1.165) is 18.0 Å². The molecule has 0 bridgehead atoms. The highest BCUT2D eigenvalue weighted by molar-refractivity contribution is 5.49. The molecule has 0 atom stereocenters. The molecule has 0 aliphatic rings. The molecule has 0 saturated heterocycles. The van der Waals surface area contributed by atoms with Gasteiger partial charge in [-0.3, -0.25) is 4.40 Å². The number of hydrogen-bond acceptors (Lipinski definition) is 2. The summed E-state index contributed by atoms with van der Waals surface area (Å²) in [5, 5.41) is 3.23. The van der Waals surface area contributed by atoms with Gasteiger partial charge in [0.25, 0.3) is 0 Å². The highest BCUT2D eigenvalue weighted by atomic mass is 15.1. The van der Waals surface area contributed by atoms with E-state index in [1.807, 2.05) is 34.9 Å². The van der Waals surface area contributed by atoms with Gasteiger partial charge in [-0.1, -0.05) is 12.1 Å². The van der Waals surface area contributed by atoms with Crippen molar-refractivity contribution in [1.82, 2.24) is 9.38 Å². The van der Waals surface area contributed by atoms with E-state index in [1.54, 1.807) is 6.20 Å². The fourth-order valence-electron chi connectivity index (χ4n) is 1.27. The lowest BCUT2D eigenvalue weighted by molar-refractivity contribution is 1.14. The van der Waals surface area contributed by atoms with Gasteiger partial charge in [0.05, 0.1) is 0 Å². The van der Waals surface area contributed by atoms with Gasteiger partial charge in [0.2, 0.25) is 0 Å². The number of nitrogens with one attached hydrogen (secondary N) is 1. The Bertz CT molecular complexity index is 417. The molecule has 0 saturated carbocycles. The van der Waals surface area contributed by atoms with Crippen LogP contribution in [0.15, 0.2) is 43.2 Å². The summed E-state index contributed by atoms with van der Waals surface area (Å²) in [6.45, 7) is 4.42. The summed E-state index contributed by atoms with van der Waals surface area (Å²) in [7, 11) is 0. The second kappa shape index (κ2) is 3.31. The molecule has 2 heterocycles. The fraction of sp³-hybridized carbons (Fsp3) is 0.100. The van der Waals surface area contributed by atoms with Gasteiger partial charge in [-0.25, -0.2) is 4.98 Å². The monoisotopic (exact) mass is 173 g/mol. The van der Waals surface area contributed by atoms with Gasteiger partial charge in [0, 0.05) is 18.9 Å². The van der Waals surface area contributed by atoms with Crippen molar-refractivity contribution in [3.8, 4) is 0 Å². The van der Waals surface area contributed by atoms with Crippen LogP contribution >= 0.6 is 0 Å². The van der Waals surface area contributed by atoms with Crippen molar-refractivity contribution < 1.29 is 0 Å². The first-order valence-electron chi connectivity index (χ1n) is 4.18. The summed E-state index contributed by atoms with van der Waals surface area (Å²) in [6, 6.07) is 5.96. The van der Waals surface area contributed by atoms with Crippen molar-refractivity contribution in [1.29, 1.82) is 0 Å². The molecule has 0 radical (unpaired) electrons. The minimum atomic E-state index is 0.761. The van der Waals surface area contributed by atoms with Crippen LogP contribution in [-0.4, -0.2) is 15.9 Å². The SMILES string of the molecule is C=CCNc1cccc2nccn12. The molecule has 0 aliphatic heterocycles. The van der Waals surface area contributed by atoms with Crippen molar-refractivity contribution in [3.05, 3.63) is 43.2 Å². The molecule has 0 unspecified atom stereocenters. The summed E-state index contributed by atoms with van der Waals surface area (Å²) in [6.07, 6.45) is 5.55. The van der Waals surface area contributed by atoms with Crippen molar-refractivity contribution >= 4 is 11.5 Å². The van der Waals surface area contributed by atoms with Gasteiger partial charge in [-0.2, -0.15) is 0 Å². The fourth-order valence-corrected chi connectivity index (χ4v) is 1.27. The number of fused-ring (bicyclic) bond motifs is 1. The van der Waals surface area contributed by atoms with Crippen molar-refractivity contribution in [2.75, 3.05) is 11.9 Å². The van der Waals surface area contributed by atoms with Crippen LogP contribution in [0.1, 0.15) is 0 Å². The van der Waals surface area contributed by atoms with Gasteiger partial charge in [-0.15, -0.1) is 6.58 Å². The molecule has 0 spiro atoms. The average molecular weight is 173 g/mol. The zero-order valence-electron chi connectivity index (χ0n) is 7.27. The van der Waals surface area contributed by atoms with Crippen LogP contribution in [0, 0.1) is 0 Å². The van der Waals surface area contributed by atoms with Crippen LogP contribution in [0.2, 0.25) is 0 Å². The molecule has 2 rings (SSSR count). The van der Waals surface area contributed by atoms with E-state index in [2.05, 4.69) is 16.9 Å². The molecule has 13 heavy (non-hydrogen) atoms. The van der Waals surface area contributed by atoms with Crippen LogP contribution < -0.4 is 5.32 Å². The predicted octanol–water partition coefficient (Wildman–Crippen LogP) is 1.93. The Hall–Kier alpha value is -1.77. The van der Waals surface area contributed by atoms with Gasteiger partial charge in [0.1, 0.15) is 11.5 Å². The smallest absolute Gasteiger partial charge is 0.138 e. The lowest BCUT2D eigenvalue weighted by Crippen LogP contribution is -2.02. The number of nitrogens with zero attached hydrogens (tertiary/aromatic N) is 2. The Morgan fingerprint density at radius 3 is 3.31 bits per heavy atom. The van der Waals surface area contributed by atoms with E-state index in [0.29, 0.717) is 0 Å². The molecule has 3 nitrogen and oxygen atoms in total. The van der Waals surface area contributed by atoms with Gasteiger partial charge < -0.3 is 5.32 Å². The van der Waals surface area contributed by atoms with Crippen LogP contribution in [0.25, 0.3) is 5.65 Å². The Morgan fingerprint density at radius 2 is 2.46 bits per heavy atom. The zero-order chi connectivity index (χ0) is 9.10. The summed E-state index contributed by atoms with van der Waals surface area (Å²) in [5.74, 6) is 1.04. The maximum Gasteiger partial charge on any atom is 0.138 e. The van der Waals surface area contributed by atoms with Gasteiger partial charge >= 0.3 is 0 Å². The molecule has 1 N–H and O–H groups in total. The first kappa shape index (κ1) is 7.86. The molecule has 0 aromatic carbocycles. The standard InChI is InChI=1S/C10H11N3/c1-2-6-11-9-4-3-5-10-12-7-8-13(9)10/h2-5,7-8,11H,1,6H2. The Balaban J connectivity index is 2.42. The first-order chi connectivity index (χ1) is 6.42. The number of pyridine rings is 1. The number of anilines is 1. The first-order valence-corrected chi connectivity index (χ1v) is 4.18. The lowest BCUT2D eigenvalue weighted by Gasteiger charge is -2.05. The third-order valence-corrected chi connectivity index (χ3v) is 1.86. The largest absolute Gasteiger partial charge is 0.368 e. The number of aromatic nitrogens is 2. The van der Waals surface area contributed by atoms with Gasteiger partial charge in [0.15, 0.2) is 0 Å². The highest BCUT2D eigenvalue weighted by Crippen LogP contribution is 2.09. The maximum atomic E-state index is 4.18. The van der Waals surface area contributed by atoms with Crippen LogP contribution in [0.3, 0.4) is 0 Å². The summed E-state index contributed by atoms with van der Waals surface area (Å²) >= 11 is 0. The lowest BCUT2D eigenvalue weighted by atomic mass is 10.4. The van der Waals surface area contributed by atoms with Crippen LogP contribution in [0.5, 0.6) is 0 Å². The normalized spacial score (nSPS) is 10.2. The van der Waals surface area contributed by atoms with E-state index in [9.17, 15) is 0 Å². The molecule has 66 valence electrons. The van der Waals surface area contributed by atoms with Crippen LogP contribution in [0.4, 0.5) is 5.82 Å². The van der Waals surface area contributed by atoms with Gasteiger partial charge in [-0.05, 0) is 12.1 Å². The summed E-state index contributed by atoms with van der Waals surface area (Å²) < 4.78 is 2.00. The van der Waals surface area contributed by atoms with E-state index in [-0.39, 0.29) is 0 Å². The number of rotatable bonds is 3. The van der Waals surface area contributed by atoms with E-state index in [1.165, 1.54) is 0 Å². The minimum absolute atomic E-state index is 0.761. The van der Waals surface area contributed by atoms with Crippen molar-refractivity contribution in [2.45, 2.75) is 0 Å². The second-order valence-electron chi connectivity index (χ2n) is 2.74. The molecule has 0 aliphatic carbocycles. The summed E-state index contributed by atoms with van der Waals surface area (Å²) in [4.78, 5) is 4.18. The molecular weight excluding hydrogens is 162 g/mol. The molecule has 0 amide bonds. The average Bonchev–Trinajstić information content (AvgIpc) is 2.62. The third-order valence-electron chi connectivity index (χ3n) is 1.86. The third kappa shape index (κ3) is 1.40. The quantitative estimate of drug-likeness (QED) is 0.718. The molecule has 3 heteroatoms. The Kier molecular flexibility index (Phi) is 2.00. The van der Waals surface area contributed by atoms with Crippen LogP contribution in [-0.2, 0) is 0 Å². The maximum absolute atomic E-state index is 4.18. The van der Waals surface area contributed by atoms with Crippen molar-refractivity contribution in [3.63, 3.8) is 0 Å². The van der Waals surface area contributed by atoms with E-state index >= 15 is 0 Å². The topological polar surface area (TPSA) is 29.3 Å². The summed E-state index contributed by atoms with van der Waals surface area (Å²) in [5.41, 5.74) is 0.953. The molecule has 0 fully saturated rings. The number of imidazole rings is 1. The number of hydrogen-bond donors (Lipinski definition) is 1. The molecule has 2 aromatic rings. The molecular formula is C10H11N3. The highest BCUT2D eigenvalue weighted by Gasteiger charge is 1.96. The second-order valence-corrected chi connectivity index (χ2v) is 2.74.